The SMILES string of the molecule is C#CCOCCOCCOCCOCCOc1ccc(C2CN(c3nc(Cl)nc4c3cnn4C3CCC(COC(CO)(COCc4ccccc4)P(OCc4ccccc4)OCc4ccccc4)O3)C2)cc1. The van der Waals surface area contributed by atoms with Gasteiger partial charge in [0.15, 0.2) is 17.2 Å². The summed E-state index contributed by atoms with van der Waals surface area (Å²) in [6.45, 7) is 6.14. The molecule has 0 amide bonds. The van der Waals surface area contributed by atoms with E-state index in [1.807, 2.05) is 103 Å². The quantitative estimate of drug-likeness (QED) is 0.0185. The number of hydrogen-bond donors (Lipinski definition) is 1. The average molecular weight is 1020 g/mol. The molecular formula is C54H63ClN5O11P. The van der Waals surface area contributed by atoms with Crippen molar-refractivity contribution in [2.24, 2.45) is 0 Å². The van der Waals surface area contributed by atoms with E-state index in [2.05, 4.69) is 32.9 Å². The average Bonchev–Trinajstić information content (AvgIpc) is 4.06. The second-order valence-corrected chi connectivity index (χ2v) is 19.4. The number of halogens is 1. The van der Waals surface area contributed by atoms with E-state index in [4.69, 9.17) is 70.1 Å². The van der Waals surface area contributed by atoms with Crippen molar-refractivity contribution in [2.45, 2.75) is 56.3 Å². The molecule has 2 aliphatic rings. The van der Waals surface area contributed by atoms with Gasteiger partial charge in [0.2, 0.25) is 13.7 Å². The molecule has 72 heavy (non-hydrogen) atoms. The van der Waals surface area contributed by atoms with Crippen molar-refractivity contribution >= 4 is 36.8 Å². The molecular weight excluding hydrogens is 961 g/mol. The van der Waals surface area contributed by atoms with E-state index in [0.717, 1.165) is 46.7 Å². The maximum atomic E-state index is 11.3. The predicted octanol–water partition coefficient (Wildman–Crippen LogP) is 8.51. The first kappa shape index (κ1) is 53.2. The van der Waals surface area contributed by atoms with Crippen molar-refractivity contribution < 1.29 is 52.0 Å². The second-order valence-electron chi connectivity index (χ2n) is 17.2. The van der Waals surface area contributed by atoms with Crippen LogP contribution in [0.2, 0.25) is 5.28 Å². The van der Waals surface area contributed by atoms with Gasteiger partial charge in [-0.3, -0.25) is 0 Å². The highest BCUT2D eigenvalue weighted by atomic mass is 35.5. The van der Waals surface area contributed by atoms with Crippen molar-refractivity contribution in [3.05, 3.63) is 149 Å². The molecule has 2 aliphatic heterocycles. The van der Waals surface area contributed by atoms with Crippen LogP contribution in [0.15, 0.2) is 121 Å². The van der Waals surface area contributed by atoms with Gasteiger partial charge in [-0.15, -0.1) is 6.42 Å². The zero-order valence-corrected chi connectivity index (χ0v) is 42.0. The maximum Gasteiger partial charge on any atom is 0.226 e. The molecule has 0 spiro atoms. The predicted molar refractivity (Wildman–Crippen MR) is 274 cm³/mol. The van der Waals surface area contributed by atoms with Gasteiger partial charge in [0, 0.05) is 19.0 Å². The second kappa shape index (κ2) is 28.4. The third-order valence-corrected chi connectivity index (χ3v) is 14.0. The van der Waals surface area contributed by atoms with Crippen LogP contribution in [0, 0.1) is 12.3 Å². The normalized spacial score (nSPS) is 16.8. The van der Waals surface area contributed by atoms with Crippen molar-refractivity contribution in [3.8, 4) is 18.1 Å². The molecule has 1 N–H and O–H groups in total. The minimum absolute atomic E-state index is 0.0156. The van der Waals surface area contributed by atoms with Crippen molar-refractivity contribution in [1.82, 2.24) is 19.7 Å². The van der Waals surface area contributed by atoms with E-state index in [-0.39, 0.29) is 37.8 Å². The molecule has 8 rings (SSSR count). The van der Waals surface area contributed by atoms with Crippen molar-refractivity contribution in [2.75, 3.05) is 97.3 Å². The van der Waals surface area contributed by atoms with Gasteiger partial charge in [0.1, 0.15) is 24.8 Å². The third kappa shape index (κ3) is 15.5. The number of aliphatic hydroxyl groups excluding tert-OH is 1. The van der Waals surface area contributed by atoms with E-state index in [9.17, 15) is 5.11 Å². The van der Waals surface area contributed by atoms with Gasteiger partial charge in [-0.2, -0.15) is 15.1 Å². The van der Waals surface area contributed by atoms with Gasteiger partial charge in [-0.05, 0) is 58.8 Å². The van der Waals surface area contributed by atoms with Crippen LogP contribution in [0.5, 0.6) is 5.75 Å². The van der Waals surface area contributed by atoms with Crippen LogP contribution in [0.3, 0.4) is 0 Å². The van der Waals surface area contributed by atoms with Gasteiger partial charge < -0.3 is 56.9 Å². The number of aliphatic hydroxyl groups is 1. The molecule has 3 atom stereocenters. The Morgan fingerprint density at radius 2 is 1.29 bits per heavy atom. The molecule has 4 heterocycles. The zero-order chi connectivity index (χ0) is 49.6. The van der Waals surface area contributed by atoms with E-state index in [0.29, 0.717) is 90.5 Å². The van der Waals surface area contributed by atoms with E-state index in [1.165, 1.54) is 5.56 Å². The molecule has 18 heteroatoms. The van der Waals surface area contributed by atoms with Gasteiger partial charge in [-0.1, -0.05) is 109 Å². The molecule has 4 aromatic carbocycles. The standard InChI is InChI=1S/C54H63ClN5O11P/c1-2-24-62-25-26-63-27-28-64-29-30-65-31-32-67-47-20-18-45(19-21-47)46-34-59(35-46)51-49-33-56-60(52(49)58-53(55)57-51)50-23-22-48(71-50)39-68-54(40-61,41-66-36-42-12-6-3-7-13-42)72(69-37-43-14-8-4-9-15-43)70-38-44-16-10-5-11-17-44/h1,3-21,33,46,48,50,61H,22-32,34-41H2. The van der Waals surface area contributed by atoms with Crippen molar-refractivity contribution in [3.63, 3.8) is 0 Å². The molecule has 2 saturated heterocycles. The highest BCUT2D eigenvalue weighted by molar-refractivity contribution is 7.48. The zero-order valence-electron chi connectivity index (χ0n) is 40.4. The van der Waals surface area contributed by atoms with E-state index < -0.39 is 26.6 Å². The summed E-state index contributed by atoms with van der Waals surface area (Å²) in [6.07, 6.45) is 7.47. The van der Waals surface area contributed by atoms with E-state index >= 15 is 0 Å². The fraction of sp³-hybridized carbons (Fsp3) is 0.426. The molecule has 382 valence electrons. The Hall–Kier alpha value is -5.09. The van der Waals surface area contributed by atoms with Crippen LogP contribution >= 0.6 is 20.0 Å². The monoisotopic (exact) mass is 1020 g/mol. The maximum absolute atomic E-state index is 11.3. The van der Waals surface area contributed by atoms with Gasteiger partial charge >= 0.3 is 0 Å². The summed E-state index contributed by atoms with van der Waals surface area (Å²) < 4.78 is 62.3. The molecule has 0 radical (unpaired) electrons. The van der Waals surface area contributed by atoms with Crippen LogP contribution < -0.4 is 9.64 Å². The first-order chi connectivity index (χ1) is 35.5. The lowest BCUT2D eigenvalue weighted by atomic mass is 9.91. The smallest absolute Gasteiger partial charge is 0.226 e. The Bertz CT molecular complexity index is 2500. The summed E-state index contributed by atoms with van der Waals surface area (Å²) >= 11 is 6.61. The fourth-order valence-electron chi connectivity index (χ4n) is 8.17. The summed E-state index contributed by atoms with van der Waals surface area (Å²) in [7, 11) is -1.89. The molecule has 3 unspecified atom stereocenters. The third-order valence-electron chi connectivity index (χ3n) is 12.0. The molecule has 2 fully saturated rings. The number of aromatic nitrogens is 4. The van der Waals surface area contributed by atoms with Gasteiger partial charge in [0.05, 0.1) is 104 Å². The Labute approximate surface area is 427 Å². The molecule has 0 saturated carbocycles. The number of rotatable bonds is 32. The van der Waals surface area contributed by atoms with E-state index in [1.54, 1.807) is 10.9 Å². The minimum Gasteiger partial charge on any atom is -0.491 e. The van der Waals surface area contributed by atoms with Crippen molar-refractivity contribution in [1.29, 1.82) is 0 Å². The molecule has 2 aromatic heterocycles. The van der Waals surface area contributed by atoms with Gasteiger partial charge in [0.25, 0.3) is 0 Å². The summed E-state index contributed by atoms with van der Waals surface area (Å²) in [5.74, 6) is 4.23. The van der Waals surface area contributed by atoms with Crippen LogP contribution in [-0.2, 0) is 62.0 Å². The summed E-state index contributed by atoms with van der Waals surface area (Å²) in [5, 5.41) is 15.6. The Morgan fingerprint density at radius 1 is 0.708 bits per heavy atom. The first-order valence-electron chi connectivity index (χ1n) is 24.3. The van der Waals surface area contributed by atoms with Crippen LogP contribution in [-0.4, -0.2) is 129 Å². The first-order valence-corrected chi connectivity index (χ1v) is 25.8. The van der Waals surface area contributed by atoms with Crippen LogP contribution in [0.25, 0.3) is 11.0 Å². The number of fused-ring (bicyclic) bond motifs is 1. The number of nitrogens with zero attached hydrogens (tertiary/aromatic N) is 5. The molecule has 0 aliphatic carbocycles. The number of terminal acetylenes is 1. The van der Waals surface area contributed by atoms with Gasteiger partial charge in [-0.25, -0.2) is 4.68 Å². The number of hydrogen-bond acceptors (Lipinski definition) is 15. The largest absolute Gasteiger partial charge is 0.491 e. The lowest BCUT2D eigenvalue weighted by Gasteiger charge is -2.40. The lowest BCUT2D eigenvalue weighted by molar-refractivity contribution is -0.120. The topological polar surface area (TPSA) is 159 Å². The fourth-order valence-corrected chi connectivity index (χ4v) is 9.90. The lowest BCUT2D eigenvalue weighted by Crippen LogP contribution is -2.45. The number of anilines is 1. The highest BCUT2D eigenvalue weighted by Gasteiger charge is 2.45. The minimum atomic E-state index is -1.89. The summed E-state index contributed by atoms with van der Waals surface area (Å²) in [5.41, 5.74) is 4.72. The summed E-state index contributed by atoms with van der Waals surface area (Å²) in [4.78, 5) is 11.5. The highest BCUT2D eigenvalue weighted by Crippen LogP contribution is 2.54. The van der Waals surface area contributed by atoms with Crippen LogP contribution in [0.4, 0.5) is 5.82 Å². The Kier molecular flexibility index (Phi) is 21.0. The summed E-state index contributed by atoms with van der Waals surface area (Å²) in [6, 6.07) is 37.8. The number of ether oxygens (including phenoxy) is 8. The molecule has 16 nitrogen and oxygen atoms in total. The molecule has 6 aromatic rings. The Balaban J connectivity index is 0.834. The van der Waals surface area contributed by atoms with Crippen LogP contribution in [0.1, 0.15) is 47.2 Å². The Morgan fingerprint density at radius 3 is 1.89 bits per heavy atom. The molecule has 0 bridgehead atoms. The number of benzene rings is 4.